The lowest BCUT2D eigenvalue weighted by atomic mass is 9.91. The zero-order valence-corrected chi connectivity index (χ0v) is 18.1. The van der Waals surface area contributed by atoms with Crippen LogP contribution >= 0.6 is 11.3 Å². The molecular formula is C21H22N4O3S2. The Balaban J connectivity index is 1.40. The van der Waals surface area contributed by atoms with E-state index in [-0.39, 0.29) is 16.7 Å². The lowest BCUT2D eigenvalue weighted by molar-refractivity contribution is 0.102. The number of anilines is 1. The first-order chi connectivity index (χ1) is 14.4. The van der Waals surface area contributed by atoms with Gasteiger partial charge < -0.3 is 5.32 Å². The molecule has 1 aromatic carbocycles. The van der Waals surface area contributed by atoms with Gasteiger partial charge in [-0.1, -0.05) is 0 Å². The van der Waals surface area contributed by atoms with Crippen LogP contribution in [0.25, 0.3) is 0 Å². The summed E-state index contributed by atoms with van der Waals surface area (Å²) >= 11 is 1.70. The van der Waals surface area contributed by atoms with E-state index in [2.05, 4.69) is 20.0 Å². The molecule has 0 aliphatic heterocycles. The van der Waals surface area contributed by atoms with Crippen molar-refractivity contribution in [1.29, 1.82) is 0 Å². The molecular weight excluding hydrogens is 420 g/mol. The minimum atomic E-state index is -3.65. The van der Waals surface area contributed by atoms with Crippen LogP contribution in [-0.2, 0) is 16.4 Å². The van der Waals surface area contributed by atoms with E-state index in [9.17, 15) is 13.2 Å². The van der Waals surface area contributed by atoms with Crippen LogP contribution in [0.3, 0.4) is 0 Å². The fourth-order valence-corrected chi connectivity index (χ4v) is 5.69. The van der Waals surface area contributed by atoms with Gasteiger partial charge in [0.2, 0.25) is 10.0 Å². The average molecular weight is 443 g/mol. The van der Waals surface area contributed by atoms with E-state index < -0.39 is 10.0 Å². The number of fused-ring (bicyclic) bond motifs is 1. The Labute approximate surface area is 179 Å². The van der Waals surface area contributed by atoms with Gasteiger partial charge >= 0.3 is 0 Å². The highest BCUT2D eigenvalue weighted by atomic mass is 32.2. The lowest BCUT2D eigenvalue weighted by Gasteiger charge is -2.21. The van der Waals surface area contributed by atoms with E-state index in [1.165, 1.54) is 17.0 Å². The van der Waals surface area contributed by atoms with Gasteiger partial charge in [-0.15, -0.1) is 11.3 Å². The summed E-state index contributed by atoms with van der Waals surface area (Å²) in [6.45, 7) is 2.32. The van der Waals surface area contributed by atoms with Crippen LogP contribution in [0, 0.1) is 6.92 Å². The first-order valence-corrected chi connectivity index (χ1v) is 12.0. The number of hydrogen-bond donors (Lipinski definition) is 2. The number of amides is 1. The highest BCUT2D eigenvalue weighted by Crippen LogP contribution is 2.34. The Morgan fingerprint density at radius 1 is 1.17 bits per heavy atom. The average Bonchev–Trinajstić information content (AvgIpc) is 3.14. The first kappa shape index (κ1) is 20.6. The maximum atomic E-state index is 12.7. The summed E-state index contributed by atoms with van der Waals surface area (Å²) in [5.41, 5.74) is 2.04. The molecule has 1 aliphatic carbocycles. The molecule has 0 saturated carbocycles. The highest BCUT2D eigenvalue weighted by Gasteiger charge is 2.26. The second-order valence-electron chi connectivity index (χ2n) is 7.20. The molecule has 0 fully saturated rings. The standard InChI is InChI=1S/C21H22N4O3S2/c1-14-24-20-16(3-2-4-19(20)29-14)13-23-30(27,28)18-7-5-17(6-8-18)25-21(26)15-9-11-22-12-10-15/h5-12,16,23H,2-4,13H2,1H3,(H,25,26). The van der Waals surface area contributed by atoms with Crippen molar-refractivity contribution >= 4 is 33.0 Å². The number of sulfonamides is 1. The largest absolute Gasteiger partial charge is 0.322 e. The van der Waals surface area contributed by atoms with Gasteiger partial charge in [0.25, 0.3) is 5.91 Å². The van der Waals surface area contributed by atoms with Crippen molar-refractivity contribution in [2.45, 2.75) is 37.0 Å². The third-order valence-electron chi connectivity index (χ3n) is 5.06. The van der Waals surface area contributed by atoms with Crippen molar-refractivity contribution in [1.82, 2.24) is 14.7 Å². The smallest absolute Gasteiger partial charge is 0.255 e. The van der Waals surface area contributed by atoms with E-state index in [0.29, 0.717) is 17.8 Å². The van der Waals surface area contributed by atoms with Gasteiger partial charge in [-0.05, 0) is 62.6 Å². The topological polar surface area (TPSA) is 101 Å². The van der Waals surface area contributed by atoms with E-state index in [1.807, 2.05) is 6.92 Å². The quantitative estimate of drug-likeness (QED) is 0.608. The molecule has 156 valence electrons. The number of rotatable bonds is 6. The number of nitrogens with one attached hydrogen (secondary N) is 2. The molecule has 0 bridgehead atoms. The fraction of sp³-hybridized carbons (Fsp3) is 0.286. The molecule has 0 radical (unpaired) electrons. The summed E-state index contributed by atoms with van der Waals surface area (Å²) in [5.74, 6) is -0.176. The molecule has 9 heteroatoms. The Hall–Kier alpha value is -2.62. The Morgan fingerprint density at radius 2 is 1.90 bits per heavy atom. The molecule has 1 atom stereocenters. The second-order valence-corrected chi connectivity index (χ2v) is 10.3. The normalized spacial score (nSPS) is 16.1. The molecule has 1 unspecified atom stereocenters. The number of aryl methyl sites for hydroxylation is 2. The molecule has 0 spiro atoms. The number of benzene rings is 1. The SMILES string of the molecule is Cc1nc2c(s1)CCCC2CNS(=O)(=O)c1ccc(NC(=O)c2ccncc2)cc1. The first-order valence-electron chi connectivity index (χ1n) is 9.70. The summed E-state index contributed by atoms with van der Waals surface area (Å²) in [6.07, 6.45) is 6.08. The molecule has 7 nitrogen and oxygen atoms in total. The third-order valence-corrected chi connectivity index (χ3v) is 7.55. The van der Waals surface area contributed by atoms with Crippen molar-refractivity contribution in [3.63, 3.8) is 0 Å². The summed E-state index contributed by atoms with van der Waals surface area (Å²) in [5, 5.41) is 3.77. The van der Waals surface area contributed by atoms with E-state index >= 15 is 0 Å². The van der Waals surface area contributed by atoms with Gasteiger partial charge in [-0.25, -0.2) is 18.1 Å². The van der Waals surface area contributed by atoms with Crippen LogP contribution in [0.4, 0.5) is 5.69 Å². The Kier molecular flexibility index (Phi) is 5.94. The number of aromatic nitrogens is 2. The molecule has 2 aromatic heterocycles. The second kappa shape index (κ2) is 8.63. The van der Waals surface area contributed by atoms with Crippen LogP contribution in [0.15, 0.2) is 53.7 Å². The van der Waals surface area contributed by atoms with Crippen LogP contribution in [-0.4, -0.2) is 30.8 Å². The van der Waals surface area contributed by atoms with Gasteiger partial charge in [-0.2, -0.15) is 0 Å². The maximum absolute atomic E-state index is 12.7. The summed E-state index contributed by atoms with van der Waals surface area (Å²) in [6, 6.07) is 9.36. The number of thiazole rings is 1. The lowest BCUT2D eigenvalue weighted by Crippen LogP contribution is -2.30. The van der Waals surface area contributed by atoms with Crippen LogP contribution < -0.4 is 10.0 Å². The highest BCUT2D eigenvalue weighted by molar-refractivity contribution is 7.89. The zero-order valence-electron chi connectivity index (χ0n) is 16.5. The van der Waals surface area contributed by atoms with Crippen molar-refractivity contribution in [3.8, 4) is 0 Å². The zero-order chi connectivity index (χ0) is 21.1. The molecule has 2 N–H and O–H groups in total. The van der Waals surface area contributed by atoms with Gasteiger partial charge in [0.05, 0.1) is 15.6 Å². The molecule has 2 heterocycles. The van der Waals surface area contributed by atoms with Gasteiger partial charge in [0, 0.05) is 41.0 Å². The predicted molar refractivity (Wildman–Crippen MR) is 116 cm³/mol. The van der Waals surface area contributed by atoms with E-state index in [0.717, 1.165) is 30.0 Å². The number of pyridine rings is 1. The Bertz CT molecular complexity index is 1140. The molecule has 1 amide bonds. The van der Waals surface area contributed by atoms with E-state index in [4.69, 9.17) is 0 Å². The molecule has 4 rings (SSSR count). The molecule has 3 aromatic rings. The van der Waals surface area contributed by atoms with Gasteiger partial charge in [-0.3, -0.25) is 9.78 Å². The molecule has 30 heavy (non-hydrogen) atoms. The number of carbonyl (C=O) groups excluding carboxylic acids is 1. The minimum absolute atomic E-state index is 0.104. The predicted octanol–water partition coefficient (Wildman–Crippen LogP) is 3.50. The summed E-state index contributed by atoms with van der Waals surface area (Å²) in [7, 11) is -3.65. The van der Waals surface area contributed by atoms with E-state index in [1.54, 1.807) is 48.0 Å². The number of nitrogens with zero attached hydrogens (tertiary/aromatic N) is 2. The van der Waals surface area contributed by atoms with Gasteiger partial charge in [0.1, 0.15) is 0 Å². The molecule has 1 aliphatic rings. The van der Waals surface area contributed by atoms with Crippen molar-refractivity contribution in [2.75, 3.05) is 11.9 Å². The number of hydrogen-bond acceptors (Lipinski definition) is 6. The van der Waals surface area contributed by atoms with Crippen molar-refractivity contribution < 1.29 is 13.2 Å². The summed E-state index contributed by atoms with van der Waals surface area (Å²) < 4.78 is 28.2. The summed E-state index contributed by atoms with van der Waals surface area (Å²) in [4.78, 5) is 22.1. The number of carbonyl (C=O) groups is 1. The van der Waals surface area contributed by atoms with Crippen LogP contribution in [0.1, 0.15) is 44.7 Å². The fourth-order valence-electron chi connectivity index (χ4n) is 3.55. The van der Waals surface area contributed by atoms with Crippen molar-refractivity contribution in [2.24, 2.45) is 0 Å². The van der Waals surface area contributed by atoms with Crippen LogP contribution in [0.2, 0.25) is 0 Å². The maximum Gasteiger partial charge on any atom is 0.255 e. The third kappa shape index (κ3) is 4.58. The monoisotopic (exact) mass is 442 g/mol. The van der Waals surface area contributed by atoms with Gasteiger partial charge in [0.15, 0.2) is 0 Å². The van der Waals surface area contributed by atoms with Crippen LogP contribution in [0.5, 0.6) is 0 Å². The minimum Gasteiger partial charge on any atom is -0.322 e. The van der Waals surface area contributed by atoms with Crippen molar-refractivity contribution in [3.05, 3.63) is 69.9 Å². The molecule has 0 saturated heterocycles. The Morgan fingerprint density at radius 3 is 2.63 bits per heavy atom.